The predicted molar refractivity (Wildman–Crippen MR) is 113 cm³/mol. The van der Waals surface area contributed by atoms with Crippen molar-refractivity contribution >= 4 is 5.91 Å². The first kappa shape index (κ1) is 19.2. The lowest BCUT2D eigenvalue weighted by molar-refractivity contribution is 0.0703. The van der Waals surface area contributed by atoms with Crippen LogP contribution >= 0.6 is 0 Å². The second-order valence-electron chi connectivity index (χ2n) is 7.59. The quantitative estimate of drug-likeness (QED) is 0.740. The van der Waals surface area contributed by atoms with Crippen molar-refractivity contribution in [2.45, 2.75) is 39.2 Å². The lowest BCUT2D eigenvalue weighted by Gasteiger charge is -2.32. The van der Waals surface area contributed by atoms with E-state index in [0.29, 0.717) is 19.6 Å². The monoisotopic (exact) mass is 390 g/mol. The molecule has 1 atom stereocenters. The molecule has 1 aliphatic rings. The van der Waals surface area contributed by atoms with Crippen LogP contribution in [0.4, 0.5) is 0 Å². The van der Waals surface area contributed by atoms with Crippen LogP contribution in [0.25, 0.3) is 11.1 Å². The van der Waals surface area contributed by atoms with Gasteiger partial charge in [-0.1, -0.05) is 30.3 Å². The molecule has 0 unspecified atom stereocenters. The topological polar surface area (TPSA) is 71.0 Å². The van der Waals surface area contributed by atoms with E-state index in [1.165, 1.54) is 0 Å². The molecule has 6 heteroatoms. The zero-order chi connectivity index (χ0) is 20.4. The molecule has 1 fully saturated rings. The van der Waals surface area contributed by atoms with E-state index in [2.05, 4.69) is 22.3 Å². The number of aryl methyl sites for hydroxylation is 1. The minimum absolute atomic E-state index is 0.171. The van der Waals surface area contributed by atoms with Crippen molar-refractivity contribution in [3.63, 3.8) is 0 Å². The van der Waals surface area contributed by atoms with E-state index in [9.17, 15) is 9.59 Å². The Kier molecular flexibility index (Phi) is 5.34. The fourth-order valence-corrected chi connectivity index (χ4v) is 4.25. The predicted octanol–water partition coefficient (Wildman–Crippen LogP) is 3.59. The lowest BCUT2D eigenvalue weighted by atomic mass is 9.90. The second-order valence-corrected chi connectivity index (χ2v) is 7.59. The molecule has 2 aromatic heterocycles. The molecule has 0 bridgehead atoms. The minimum atomic E-state index is -0.203. The third-order valence-corrected chi connectivity index (χ3v) is 5.81. The number of pyridine rings is 1. The van der Waals surface area contributed by atoms with Gasteiger partial charge in [-0.25, -0.2) is 0 Å². The highest BCUT2D eigenvalue weighted by atomic mass is 16.2. The summed E-state index contributed by atoms with van der Waals surface area (Å²) in [4.78, 5) is 27.7. The molecular formula is C23H26N4O2. The number of nitrogens with zero attached hydrogens (tertiary/aromatic N) is 3. The molecule has 0 aliphatic carbocycles. The third-order valence-electron chi connectivity index (χ3n) is 5.81. The van der Waals surface area contributed by atoms with Crippen molar-refractivity contribution in [2.75, 3.05) is 13.1 Å². The molecule has 150 valence electrons. The van der Waals surface area contributed by atoms with Crippen LogP contribution in [-0.4, -0.2) is 38.7 Å². The molecule has 0 saturated carbocycles. The number of nitrogens with one attached hydrogen (secondary N) is 1. The number of hydrogen-bond donors (Lipinski definition) is 1. The van der Waals surface area contributed by atoms with Crippen LogP contribution in [-0.2, 0) is 6.54 Å². The van der Waals surface area contributed by atoms with Crippen molar-refractivity contribution in [2.24, 2.45) is 0 Å². The molecule has 0 radical (unpaired) electrons. The summed E-state index contributed by atoms with van der Waals surface area (Å²) in [5.74, 6) is -0.00747. The van der Waals surface area contributed by atoms with Gasteiger partial charge in [-0.15, -0.1) is 0 Å². The summed E-state index contributed by atoms with van der Waals surface area (Å²) in [7, 11) is 0. The first-order chi connectivity index (χ1) is 14.1. The molecule has 1 amide bonds. The van der Waals surface area contributed by atoms with Crippen LogP contribution in [0.3, 0.4) is 0 Å². The summed E-state index contributed by atoms with van der Waals surface area (Å²) in [5.41, 5.74) is 4.17. The highest BCUT2D eigenvalue weighted by Crippen LogP contribution is 2.33. The molecular weight excluding hydrogens is 364 g/mol. The molecule has 1 aliphatic heterocycles. The number of carbonyl (C=O) groups is 1. The standard InChI is InChI=1S/C23H26N4O2/c1-3-27-16(2)11-12-19(23(27)29)22(28)26-13-7-10-18(15-26)21-20(14-24-25-21)17-8-5-4-6-9-17/h4-6,8-9,11-12,14,18H,3,7,10,13,15H2,1-2H3,(H,24,25)/t18-/m1/s1. The Morgan fingerprint density at radius 2 is 2.00 bits per heavy atom. The van der Waals surface area contributed by atoms with E-state index in [-0.39, 0.29) is 22.9 Å². The summed E-state index contributed by atoms with van der Waals surface area (Å²) in [6, 6.07) is 13.7. The number of hydrogen-bond acceptors (Lipinski definition) is 3. The number of aromatic amines is 1. The Hall–Kier alpha value is -3.15. The average molecular weight is 390 g/mol. The van der Waals surface area contributed by atoms with Gasteiger partial charge in [0.2, 0.25) is 0 Å². The van der Waals surface area contributed by atoms with Gasteiger partial charge < -0.3 is 9.47 Å². The third kappa shape index (κ3) is 3.62. The molecule has 3 heterocycles. The Bertz CT molecular complexity index is 1070. The molecule has 6 nitrogen and oxygen atoms in total. The highest BCUT2D eigenvalue weighted by Gasteiger charge is 2.29. The number of piperidine rings is 1. The Balaban J connectivity index is 1.60. The molecule has 1 aromatic carbocycles. The van der Waals surface area contributed by atoms with E-state index in [0.717, 1.165) is 35.4 Å². The lowest BCUT2D eigenvalue weighted by Crippen LogP contribution is -2.42. The van der Waals surface area contributed by atoms with Gasteiger partial charge in [0.25, 0.3) is 11.5 Å². The zero-order valence-corrected chi connectivity index (χ0v) is 16.9. The number of amides is 1. The van der Waals surface area contributed by atoms with Crippen LogP contribution in [0.2, 0.25) is 0 Å². The average Bonchev–Trinajstić information content (AvgIpc) is 3.24. The number of aromatic nitrogens is 3. The molecule has 29 heavy (non-hydrogen) atoms. The number of rotatable bonds is 4. The highest BCUT2D eigenvalue weighted by molar-refractivity contribution is 5.94. The van der Waals surface area contributed by atoms with Crippen molar-refractivity contribution in [3.8, 4) is 11.1 Å². The van der Waals surface area contributed by atoms with Gasteiger partial charge in [0.1, 0.15) is 5.56 Å². The summed E-state index contributed by atoms with van der Waals surface area (Å²) in [5, 5.41) is 7.42. The van der Waals surface area contributed by atoms with Crippen molar-refractivity contribution in [1.29, 1.82) is 0 Å². The van der Waals surface area contributed by atoms with E-state index < -0.39 is 0 Å². The first-order valence-electron chi connectivity index (χ1n) is 10.2. The fraction of sp³-hybridized carbons (Fsp3) is 0.348. The van der Waals surface area contributed by atoms with Gasteiger partial charge in [0.05, 0.1) is 6.20 Å². The summed E-state index contributed by atoms with van der Waals surface area (Å²) < 4.78 is 1.65. The summed E-state index contributed by atoms with van der Waals surface area (Å²) in [6.07, 6.45) is 3.74. The van der Waals surface area contributed by atoms with Gasteiger partial charge in [-0.05, 0) is 44.4 Å². The van der Waals surface area contributed by atoms with Crippen LogP contribution in [0.15, 0.2) is 53.5 Å². The van der Waals surface area contributed by atoms with Crippen LogP contribution < -0.4 is 5.56 Å². The summed E-state index contributed by atoms with van der Waals surface area (Å²) in [6.45, 7) is 5.62. The SMILES string of the molecule is CCn1c(C)ccc(C(=O)N2CCC[C@@H](c3[nH]ncc3-c3ccccc3)C2)c1=O. The maximum absolute atomic E-state index is 13.2. The van der Waals surface area contributed by atoms with E-state index >= 15 is 0 Å². The molecule has 3 aromatic rings. The van der Waals surface area contributed by atoms with Gasteiger partial charge in [-0.3, -0.25) is 14.7 Å². The van der Waals surface area contributed by atoms with E-state index in [1.807, 2.05) is 49.2 Å². The van der Waals surface area contributed by atoms with Crippen LogP contribution in [0.5, 0.6) is 0 Å². The van der Waals surface area contributed by atoms with Gasteiger partial charge in [-0.2, -0.15) is 5.10 Å². The Morgan fingerprint density at radius 1 is 1.21 bits per heavy atom. The van der Waals surface area contributed by atoms with Crippen molar-refractivity contribution in [1.82, 2.24) is 19.7 Å². The largest absolute Gasteiger partial charge is 0.338 e. The smallest absolute Gasteiger partial charge is 0.263 e. The van der Waals surface area contributed by atoms with Crippen molar-refractivity contribution < 1.29 is 4.79 Å². The van der Waals surface area contributed by atoms with E-state index in [4.69, 9.17) is 0 Å². The molecule has 1 saturated heterocycles. The van der Waals surface area contributed by atoms with Gasteiger partial charge >= 0.3 is 0 Å². The number of benzene rings is 1. The Labute approximate surface area is 170 Å². The maximum Gasteiger partial charge on any atom is 0.263 e. The maximum atomic E-state index is 13.2. The zero-order valence-electron chi connectivity index (χ0n) is 16.9. The summed E-state index contributed by atoms with van der Waals surface area (Å²) >= 11 is 0. The molecule has 0 spiro atoms. The number of H-pyrrole nitrogens is 1. The number of likely N-dealkylation sites (tertiary alicyclic amines) is 1. The molecule has 4 rings (SSSR count). The van der Waals surface area contributed by atoms with Gasteiger partial charge in [0, 0.05) is 42.5 Å². The fourth-order valence-electron chi connectivity index (χ4n) is 4.25. The van der Waals surface area contributed by atoms with Crippen LogP contribution in [0, 0.1) is 6.92 Å². The molecule has 1 N–H and O–H groups in total. The van der Waals surface area contributed by atoms with E-state index in [1.54, 1.807) is 10.6 Å². The normalized spacial score (nSPS) is 16.8. The number of carbonyl (C=O) groups excluding carboxylic acids is 1. The van der Waals surface area contributed by atoms with Crippen LogP contribution in [0.1, 0.15) is 47.4 Å². The van der Waals surface area contributed by atoms with Crippen molar-refractivity contribution in [3.05, 3.63) is 76.0 Å². The second kappa shape index (κ2) is 8.07. The van der Waals surface area contributed by atoms with Gasteiger partial charge in [0.15, 0.2) is 0 Å². The Morgan fingerprint density at radius 3 is 2.76 bits per heavy atom. The first-order valence-corrected chi connectivity index (χ1v) is 10.2. The minimum Gasteiger partial charge on any atom is -0.338 e.